The molecule has 0 saturated carbocycles. The molecule has 2 aromatic carbocycles. The molecule has 1 heteroatoms. The van der Waals surface area contributed by atoms with Gasteiger partial charge in [0.1, 0.15) is 5.78 Å². The highest BCUT2D eigenvalue weighted by atomic mass is 16.1. The summed E-state index contributed by atoms with van der Waals surface area (Å²) in [5.74, 6) is 0.350. The first kappa shape index (κ1) is 12.6. The van der Waals surface area contributed by atoms with E-state index in [1.165, 1.54) is 11.1 Å². The van der Waals surface area contributed by atoms with Crippen molar-refractivity contribution < 1.29 is 4.79 Å². The molecule has 18 heavy (non-hydrogen) atoms. The van der Waals surface area contributed by atoms with E-state index in [9.17, 15) is 4.79 Å². The van der Waals surface area contributed by atoms with Crippen LogP contribution in [0.5, 0.6) is 0 Å². The van der Waals surface area contributed by atoms with Gasteiger partial charge in [0.15, 0.2) is 0 Å². The molecule has 0 aromatic heterocycles. The molecular formula is C17H18O. The van der Waals surface area contributed by atoms with Crippen molar-refractivity contribution in [2.75, 3.05) is 0 Å². The molecular weight excluding hydrogens is 220 g/mol. The third-order valence-electron chi connectivity index (χ3n) is 3.07. The van der Waals surface area contributed by atoms with Crippen molar-refractivity contribution in [3.8, 4) is 0 Å². The Kier molecular flexibility index (Phi) is 4.71. The molecule has 0 radical (unpaired) electrons. The molecule has 92 valence electrons. The lowest BCUT2D eigenvalue weighted by Gasteiger charge is -2.02. The highest BCUT2D eigenvalue weighted by molar-refractivity contribution is 5.78. The highest BCUT2D eigenvalue weighted by Crippen LogP contribution is 2.07. The summed E-state index contributed by atoms with van der Waals surface area (Å²) < 4.78 is 0. The van der Waals surface area contributed by atoms with Crippen molar-refractivity contribution in [1.82, 2.24) is 0 Å². The van der Waals surface area contributed by atoms with E-state index in [-0.39, 0.29) is 0 Å². The lowest BCUT2D eigenvalue weighted by molar-refractivity contribution is -0.119. The van der Waals surface area contributed by atoms with E-state index in [4.69, 9.17) is 0 Å². The molecule has 0 heterocycles. The van der Waals surface area contributed by atoms with Gasteiger partial charge in [-0.05, 0) is 24.0 Å². The van der Waals surface area contributed by atoms with E-state index in [2.05, 4.69) is 24.3 Å². The molecule has 1 nitrogen and oxygen atoms in total. The van der Waals surface area contributed by atoms with E-state index in [1.807, 2.05) is 36.4 Å². The van der Waals surface area contributed by atoms with Gasteiger partial charge in [0, 0.05) is 12.8 Å². The summed E-state index contributed by atoms with van der Waals surface area (Å²) in [6.07, 6.45) is 3.01. The predicted molar refractivity (Wildman–Crippen MR) is 74.5 cm³/mol. The lowest BCUT2D eigenvalue weighted by atomic mass is 10.0. The molecule has 0 aliphatic heterocycles. The number of Topliss-reactive ketones (excluding diaryl/α,β-unsaturated/α-hetero) is 1. The Balaban J connectivity index is 1.73. The van der Waals surface area contributed by atoms with Crippen LogP contribution >= 0.6 is 0 Å². The maximum atomic E-state index is 11.8. The average molecular weight is 238 g/mol. The first-order chi connectivity index (χ1) is 8.84. The molecule has 0 atom stereocenters. The van der Waals surface area contributed by atoms with Gasteiger partial charge >= 0.3 is 0 Å². The third kappa shape index (κ3) is 4.17. The monoisotopic (exact) mass is 238 g/mol. The minimum atomic E-state index is 0.350. The van der Waals surface area contributed by atoms with Gasteiger partial charge in [-0.1, -0.05) is 60.7 Å². The zero-order chi connectivity index (χ0) is 12.6. The van der Waals surface area contributed by atoms with Gasteiger partial charge in [-0.3, -0.25) is 4.79 Å². The van der Waals surface area contributed by atoms with Crippen molar-refractivity contribution in [1.29, 1.82) is 0 Å². The van der Waals surface area contributed by atoms with Crippen molar-refractivity contribution in [3.63, 3.8) is 0 Å². The second-order valence-corrected chi connectivity index (χ2v) is 4.51. The van der Waals surface area contributed by atoms with Gasteiger partial charge in [0.25, 0.3) is 0 Å². The van der Waals surface area contributed by atoms with Gasteiger partial charge in [-0.15, -0.1) is 0 Å². The minimum absolute atomic E-state index is 0.350. The Bertz CT molecular complexity index is 428. The average Bonchev–Trinajstić information content (AvgIpc) is 2.45. The molecule has 0 aliphatic carbocycles. The Morgan fingerprint density at radius 1 is 0.667 bits per heavy atom. The molecule has 2 aromatic rings. The SMILES string of the molecule is O=C(CCc1ccccc1)CCc1ccccc1. The summed E-state index contributed by atoms with van der Waals surface area (Å²) in [5, 5.41) is 0. The summed E-state index contributed by atoms with van der Waals surface area (Å²) >= 11 is 0. The number of aryl methyl sites for hydroxylation is 2. The molecule has 0 N–H and O–H groups in total. The number of benzene rings is 2. The van der Waals surface area contributed by atoms with Crippen molar-refractivity contribution in [2.45, 2.75) is 25.7 Å². The van der Waals surface area contributed by atoms with Crippen LogP contribution in [0.3, 0.4) is 0 Å². The molecule has 0 bridgehead atoms. The van der Waals surface area contributed by atoms with Gasteiger partial charge in [0.2, 0.25) is 0 Å². The fraction of sp³-hybridized carbons (Fsp3) is 0.235. The first-order valence-electron chi connectivity index (χ1n) is 6.44. The molecule has 2 rings (SSSR count). The standard InChI is InChI=1S/C17H18O/c18-17(13-11-15-7-3-1-4-8-15)14-12-16-9-5-2-6-10-16/h1-10H,11-14H2. The Labute approximate surface area is 108 Å². The van der Waals surface area contributed by atoms with Crippen LogP contribution in [0.1, 0.15) is 24.0 Å². The van der Waals surface area contributed by atoms with E-state index in [0.29, 0.717) is 18.6 Å². The van der Waals surface area contributed by atoms with Crippen molar-refractivity contribution in [2.24, 2.45) is 0 Å². The van der Waals surface area contributed by atoms with E-state index in [0.717, 1.165) is 12.8 Å². The number of hydrogen-bond acceptors (Lipinski definition) is 1. The summed E-state index contributed by atoms with van der Waals surface area (Å²) in [5.41, 5.74) is 2.48. The Morgan fingerprint density at radius 3 is 1.44 bits per heavy atom. The topological polar surface area (TPSA) is 17.1 Å². The van der Waals surface area contributed by atoms with Gasteiger partial charge in [0.05, 0.1) is 0 Å². The normalized spacial score (nSPS) is 10.2. The van der Waals surface area contributed by atoms with E-state index < -0.39 is 0 Å². The van der Waals surface area contributed by atoms with Crippen LogP contribution in [-0.4, -0.2) is 5.78 Å². The summed E-state index contributed by atoms with van der Waals surface area (Å²) in [7, 11) is 0. The van der Waals surface area contributed by atoms with Crippen LogP contribution in [0.2, 0.25) is 0 Å². The van der Waals surface area contributed by atoms with E-state index in [1.54, 1.807) is 0 Å². The second kappa shape index (κ2) is 6.75. The third-order valence-corrected chi connectivity index (χ3v) is 3.07. The summed E-state index contributed by atoms with van der Waals surface area (Å²) in [6.45, 7) is 0. The zero-order valence-electron chi connectivity index (χ0n) is 10.5. The van der Waals surface area contributed by atoms with Gasteiger partial charge in [-0.2, -0.15) is 0 Å². The molecule has 0 fully saturated rings. The molecule has 0 aliphatic rings. The Morgan fingerprint density at radius 2 is 1.06 bits per heavy atom. The second-order valence-electron chi connectivity index (χ2n) is 4.51. The molecule has 0 saturated heterocycles. The highest BCUT2D eigenvalue weighted by Gasteiger charge is 2.03. The smallest absolute Gasteiger partial charge is 0.133 e. The maximum absolute atomic E-state index is 11.8. The van der Waals surface area contributed by atoms with Crippen LogP contribution in [0, 0.1) is 0 Å². The largest absolute Gasteiger partial charge is 0.300 e. The van der Waals surface area contributed by atoms with Crippen molar-refractivity contribution >= 4 is 5.78 Å². The maximum Gasteiger partial charge on any atom is 0.133 e. The van der Waals surface area contributed by atoms with E-state index >= 15 is 0 Å². The minimum Gasteiger partial charge on any atom is -0.300 e. The number of carbonyl (C=O) groups excluding carboxylic acids is 1. The summed E-state index contributed by atoms with van der Waals surface area (Å²) in [4.78, 5) is 11.8. The lowest BCUT2D eigenvalue weighted by Crippen LogP contribution is -2.02. The van der Waals surface area contributed by atoms with Gasteiger partial charge < -0.3 is 0 Å². The number of carbonyl (C=O) groups is 1. The number of ketones is 1. The first-order valence-corrected chi connectivity index (χ1v) is 6.44. The molecule has 0 amide bonds. The van der Waals surface area contributed by atoms with Crippen LogP contribution in [-0.2, 0) is 17.6 Å². The van der Waals surface area contributed by atoms with Gasteiger partial charge in [-0.25, -0.2) is 0 Å². The molecule has 0 unspecified atom stereocenters. The number of rotatable bonds is 6. The van der Waals surface area contributed by atoms with Crippen molar-refractivity contribution in [3.05, 3.63) is 71.8 Å². The molecule has 0 spiro atoms. The fourth-order valence-corrected chi connectivity index (χ4v) is 1.98. The van der Waals surface area contributed by atoms with Crippen LogP contribution in [0.25, 0.3) is 0 Å². The Hall–Kier alpha value is -1.89. The predicted octanol–water partition coefficient (Wildman–Crippen LogP) is 3.82. The summed E-state index contributed by atoms with van der Waals surface area (Å²) in [6, 6.07) is 20.4. The zero-order valence-corrected chi connectivity index (χ0v) is 10.5. The fourth-order valence-electron chi connectivity index (χ4n) is 1.98. The van der Waals surface area contributed by atoms with Crippen LogP contribution in [0.15, 0.2) is 60.7 Å². The van der Waals surface area contributed by atoms with Crippen LogP contribution < -0.4 is 0 Å². The quantitative estimate of drug-likeness (QED) is 0.747. The van der Waals surface area contributed by atoms with Crippen LogP contribution in [0.4, 0.5) is 0 Å². The number of hydrogen-bond donors (Lipinski definition) is 0.